The van der Waals surface area contributed by atoms with E-state index in [2.05, 4.69) is 31.3 Å². The quantitative estimate of drug-likeness (QED) is 0.495. The lowest BCUT2D eigenvalue weighted by atomic mass is 10.1. The van der Waals surface area contributed by atoms with Crippen molar-refractivity contribution in [3.05, 3.63) is 57.2 Å². The Morgan fingerprint density at radius 2 is 2.00 bits per heavy atom. The van der Waals surface area contributed by atoms with Crippen LogP contribution in [0.5, 0.6) is 0 Å². The second kappa shape index (κ2) is 7.36. The molecule has 1 N–H and O–H groups in total. The van der Waals surface area contributed by atoms with E-state index in [-0.39, 0.29) is 10.8 Å². The monoisotopic (exact) mass is 454 g/mol. The fourth-order valence-electron chi connectivity index (χ4n) is 3.19. The fraction of sp³-hybridized carbons (Fsp3) is 0.368. The van der Waals surface area contributed by atoms with E-state index in [1.54, 1.807) is 0 Å². The number of alkyl halides is 1. The van der Waals surface area contributed by atoms with Gasteiger partial charge in [-0.15, -0.1) is 5.10 Å². The van der Waals surface area contributed by atoms with Crippen LogP contribution in [0, 0.1) is 5.82 Å². The number of halogens is 4. The van der Waals surface area contributed by atoms with E-state index in [0.29, 0.717) is 54.6 Å². The van der Waals surface area contributed by atoms with Gasteiger partial charge in [0, 0.05) is 12.1 Å². The molecule has 2 aromatic heterocycles. The number of hydrogen-bond acceptors (Lipinski definition) is 3. The molecule has 0 bridgehead atoms. The Labute approximate surface area is 169 Å². The predicted octanol–water partition coefficient (Wildman–Crippen LogP) is 5.72. The van der Waals surface area contributed by atoms with Crippen LogP contribution in [-0.2, 0) is 13.0 Å². The van der Waals surface area contributed by atoms with Gasteiger partial charge in [-0.2, -0.15) is 4.98 Å². The number of nitrogens with zero attached hydrogens (tertiary/aromatic N) is 3. The molecule has 8 heteroatoms. The van der Waals surface area contributed by atoms with Crippen molar-refractivity contribution < 1.29 is 8.78 Å². The van der Waals surface area contributed by atoms with Crippen molar-refractivity contribution in [3.8, 4) is 0 Å². The molecule has 1 aliphatic carbocycles. The van der Waals surface area contributed by atoms with Gasteiger partial charge >= 0.3 is 0 Å². The van der Waals surface area contributed by atoms with Crippen molar-refractivity contribution >= 4 is 38.9 Å². The molecule has 0 atom stereocenters. The topological polar surface area (TPSA) is 42.2 Å². The van der Waals surface area contributed by atoms with Crippen LogP contribution >= 0.6 is 27.5 Å². The zero-order valence-corrected chi connectivity index (χ0v) is 16.8. The summed E-state index contributed by atoms with van der Waals surface area (Å²) in [6, 6.07) is 9.73. The molecule has 0 spiro atoms. The second-order valence-electron chi connectivity index (χ2n) is 6.92. The van der Waals surface area contributed by atoms with Gasteiger partial charge in [0.2, 0.25) is 5.28 Å². The molecule has 4 nitrogen and oxygen atoms in total. The summed E-state index contributed by atoms with van der Waals surface area (Å²) < 4.78 is 30.9. The Morgan fingerprint density at radius 3 is 2.70 bits per heavy atom. The van der Waals surface area contributed by atoms with Crippen molar-refractivity contribution in [1.29, 1.82) is 0 Å². The molecule has 0 amide bonds. The van der Waals surface area contributed by atoms with Crippen LogP contribution in [-0.4, -0.2) is 20.3 Å². The molecule has 0 unspecified atom stereocenters. The van der Waals surface area contributed by atoms with Gasteiger partial charge in [-0.3, -0.25) is 0 Å². The van der Waals surface area contributed by atoms with Crippen molar-refractivity contribution in [3.63, 3.8) is 0 Å². The molecule has 0 radical (unpaired) electrons. The lowest BCUT2D eigenvalue weighted by molar-refractivity contribution is 0.283. The van der Waals surface area contributed by atoms with Gasteiger partial charge in [0.15, 0.2) is 11.6 Å². The van der Waals surface area contributed by atoms with Crippen LogP contribution < -0.4 is 5.32 Å². The maximum absolute atomic E-state index is 15.1. The van der Waals surface area contributed by atoms with Gasteiger partial charge in [0.05, 0.1) is 0 Å². The van der Waals surface area contributed by atoms with Crippen molar-refractivity contribution in [2.45, 2.75) is 44.3 Å². The third kappa shape index (κ3) is 3.94. The Balaban J connectivity index is 1.62. The molecule has 1 saturated carbocycles. The molecule has 0 saturated heterocycles. The molecule has 0 aliphatic heterocycles. The minimum atomic E-state index is -1.03. The third-order valence-electron chi connectivity index (χ3n) is 4.88. The Morgan fingerprint density at radius 1 is 1.26 bits per heavy atom. The summed E-state index contributed by atoms with van der Waals surface area (Å²) in [5.74, 6) is -0.0785. The standard InChI is InChI=1S/C19H18BrClF2N4/c20-16-13(7-4-8-19(23)9-10-19)14(22)15-17(25-18(21)26-27(15)16)24-11-12-5-2-1-3-6-12/h1-3,5-6H,4,7-11H2,(H,24,25,26). The smallest absolute Gasteiger partial charge is 0.243 e. The normalized spacial score (nSPS) is 15.3. The summed E-state index contributed by atoms with van der Waals surface area (Å²) in [6.07, 6.45) is 2.69. The highest BCUT2D eigenvalue weighted by Gasteiger charge is 2.42. The molecular formula is C19H18BrClF2N4. The number of rotatable bonds is 7. The summed E-state index contributed by atoms with van der Waals surface area (Å²) in [4.78, 5) is 4.16. The molecule has 27 heavy (non-hydrogen) atoms. The first kappa shape index (κ1) is 18.6. The number of nitrogens with one attached hydrogen (secondary N) is 1. The van der Waals surface area contributed by atoms with Gasteiger partial charge in [-0.1, -0.05) is 30.3 Å². The molecule has 1 fully saturated rings. The van der Waals surface area contributed by atoms with Crippen LogP contribution in [0.2, 0.25) is 5.28 Å². The van der Waals surface area contributed by atoms with E-state index >= 15 is 4.39 Å². The van der Waals surface area contributed by atoms with Crippen LogP contribution in [0.15, 0.2) is 34.9 Å². The molecule has 3 aromatic rings. The zero-order chi connectivity index (χ0) is 19.0. The molecule has 1 aromatic carbocycles. The van der Waals surface area contributed by atoms with Crippen molar-refractivity contribution in [1.82, 2.24) is 14.6 Å². The van der Waals surface area contributed by atoms with E-state index in [1.807, 2.05) is 30.3 Å². The van der Waals surface area contributed by atoms with E-state index < -0.39 is 11.5 Å². The van der Waals surface area contributed by atoms with Gasteiger partial charge < -0.3 is 5.32 Å². The van der Waals surface area contributed by atoms with Gasteiger partial charge in [0.25, 0.3) is 0 Å². The SMILES string of the molecule is Fc1c(CCCC2(F)CC2)c(Br)n2nc(Cl)nc(NCc3ccccc3)c12. The molecule has 142 valence electrons. The Kier molecular flexibility index (Phi) is 5.07. The lowest BCUT2D eigenvalue weighted by Crippen LogP contribution is -2.06. The number of fused-ring (bicyclic) bond motifs is 1. The van der Waals surface area contributed by atoms with E-state index in [0.717, 1.165) is 5.56 Å². The minimum Gasteiger partial charge on any atom is -0.364 e. The fourth-order valence-corrected chi connectivity index (χ4v) is 3.98. The van der Waals surface area contributed by atoms with Gasteiger partial charge in [0.1, 0.15) is 15.8 Å². The number of aromatic nitrogens is 3. The largest absolute Gasteiger partial charge is 0.364 e. The number of benzene rings is 1. The Hall–Kier alpha value is -1.73. The molecule has 1 aliphatic rings. The number of anilines is 1. The maximum Gasteiger partial charge on any atom is 0.243 e. The molecular weight excluding hydrogens is 438 g/mol. The van der Waals surface area contributed by atoms with Gasteiger partial charge in [-0.25, -0.2) is 13.3 Å². The first-order valence-corrected chi connectivity index (χ1v) is 10.0. The van der Waals surface area contributed by atoms with Crippen LogP contribution in [0.4, 0.5) is 14.6 Å². The highest BCUT2D eigenvalue weighted by atomic mass is 79.9. The number of hydrogen-bond donors (Lipinski definition) is 1. The van der Waals surface area contributed by atoms with Crippen molar-refractivity contribution in [2.24, 2.45) is 0 Å². The second-order valence-corrected chi connectivity index (χ2v) is 8.01. The van der Waals surface area contributed by atoms with E-state index in [4.69, 9.17) is 11.6 Å². The van der Waals surface area contributed by atoms with Crippen LogP contribution in [0.3, 0.4) is 0 Å². The van der Waals surface area contributed by atoms with Crippen molar-refractivity contribution in [2.75, 3.05) is 5.32 Å². The minimum absolute atomic E-state index is 0.0148. The summed E-state index contributed by atoms with van der Waals surface area (Å²) in [5.41, 5.74) is 0.708. The average molecular weight is 456 g/mol. The van der Waals surface area contributed by atoms with Gasteiger partial charge in [-0.05, 0) is 65.2 Å². The molecule has 2 heterocycles. The molecule has 4 rings (SSSR count). The predicted molar refractivity (Wildman–Crippen MR) is 105 cm³/mol. The average Bonchev–Trinajstić information content (AvgIpc) is 3.35. The zero-order valence-electron chi connectivity index (χ0n) is 14.5. The summed E-state index contributed by atoms with van der Waals surface area (Å²) in [5, 5.41) is 7.27. The van der Waals surface area contributed by atoms with E-state index in [9.17, 15) is 4.39 Å². The Bertz CT molecular complexity index is 973. The van der Waals surface area contributed by atoms with E-state index in [1.165, 1.54) is 4.52 Å². The third-order valence-corrected chi connectivity index (χ3v) is 5.85. The highest BCUT2D eigenvalue weighted by Crippen LogP contribution is 2.44. The maximum atomic E-state index is 15.1. The van der Waals surface area contributed by atoms with Crippen LogP contribution in [0.1, 0.15) is 36.8 Å². The highest BCUT2D eigenvalue weighted by molar-refractivity contribution is 9.10. The first-order chi connectivity index (χ1) is 13.0. The summed E-state index contributed by atoms with van der Waals surface area (Å²) in [7, 11) is 0. The first-order valence-electron chi connectivity index (χ1n) is 8.86. The van der Waals surface area contributed by atoms with Crippen LogP contribution in [0.25, 0.3) is 5.52 Å². The lowest BCUT2D eigenvalue weighted by Gasteiger charge is -2.08. The summed E-state index contributed by atoms with van der Waals surface area (Å²) >= 11 is 9.45. The summed E-state index contributed by atoms with van der Waals surface area (Å²) in [6.45, 7) is 0.478.